The lowest BCUT2D eigenvalue weighted by molar-refractivity contribution is -0.0498. The SMILES string of the molecule is O=C(O)c1cc(C2CC2)c(OCC2CCC(F)(F)CC2)cc1F. The lowest BCUT2D eigenvalue weighted by Gasteiger charge is -2.28. The fourth-order valence-electron chi connectivity index (χ4n) is 3.05. The van der Waals surface area contributed by atoms with Gasteiger partial charge in [-0.3, -0.25) is 0 Å². The van der Waals surface area contributed by atoms with Crippen molar-refractivity contribution in [3.8, 4) is 5.75 Å². The van der Waals surface area contributed by atoms with E-state index >= 15 is 0 Å². The largest absolute Gasteiger partial charge is 0.493 e. The van der Waals surface area contributed by atoms with E-state index in [1.165, 1.54) is 6.07 Å². The number of benzene rings is 1. The molecular weight excluding hydrogens is 309 g/mol. The Balaban J connectivity index is 1.70. The van der Waals surface area contributed by atoms with Gasteiger partial charge in [-0.2, -0.15) is 0 Å². The Morgan fingerprint density at radius 1 is 1.22 bits per heavy atom. The molecule has 0 saturated heterocycles. The van der Waals surface area contributed by atoms with Gasteiger partial charge in [-0.25, -0.2) is 18.0 Å². The van der Waals surface area contributed by atoms with E-state index in [1.807, 2.05) is 0 Å². The Kier molecular flexibility index (Phi) is 4.25. The second-order valence-corrected chi connectivity index (χ2v) is 6.56. The number of aromatic carboxylic acids is 1. The van der Waals surface area contributed by atoms with Gasteiger partial charge in [0.05, 0.1) is 12.2 Å². The average Bonchev–Trinajstić information content (AvgIpc) is 3.30. The molecule has 126 valence electrons. The summed E-state index contributed by atoms with van der Waals surface area (Å²) >= 11 is 0. The summed E-state index contributed by atoms with van der Waals surface area (Å²) < 4.78 is 45.8. The third-order valence-electron chi connectivity index (χ3n) is 4.66. The van der Waals surface area contributed by atoms with Crippen LogP contribution in [0.15, 0.2) is 12.1 Å². The molecule has 0 bridgehead atoms. The summed E-state index contributed by atoms with van der Waals surface area (Å²) in [6, 6.07) is 2.47. The van der Waals surface area contributed by atoms with Crippen LogP contribution >= 0.6 is 0 Å². The summed E-state index contributed by atoms with van der Waals surface area (Å²) in [4.78, 5) is 11.0. The Morgan fingerprint density at radius 2 is 1.87 bits per heavy atom. The van der Waals surface area contributed by atoms with Crippen LogP contribution in [0.4, 0.5) is 13.2 Å². The quantitative estimate of drug-likeness (QED) is 0.859. The van der Waals surface area contributed by atoms with Crippen molar-refractivity contribution in [3.05, 3.63) is 29.1 Å². The molecular formula is C17H19F3O3. The molecule has 0 unspecified atom stereocenters. The predicted molar refractivity (Wildman–Crippen MR) is 77.7 cm³/mol. The molecule has 0 radical (unpaired) electrons. The number of hydrogen-bond acceptors (Lipinski definition) is 2. The molecule has 3 nitrogen and oxygen atoms in total. The molecule has 0 atom stereocenters. The van der Waals surface area contributed by atoms with Gasteiger partial charge in [-0.15, -0.1) is 0 Å². The van der Waals surface area contributed by atoms with E-state index < -0.39 is 17.7 Å². The van der Waals surface area contributed by atoms with Crippen molar-refractivity contribution in [3.63, 3.8) is 0 Å². The fourth-order valence-corrected chi connectivity index (χ4v) is 3.05. The Morgan fingerprint density at radius 3 is 2.43 bits per heavy atom. The Labute approximate surface area is 132 Å². The summed E-state index contributed by atoms with van der Waals surface area (Å²) in [5, 5.41) is 9.01. The van der Waals surface area contributed by atoms with Gasteiger partial charge in [0, 0.05) is 18.9 Å². The smallest absolute Gasteiger partial charge is 0.338 e. The molecule has 0 spiro atoms. The number of rotatable bonds is 5. The first-order chi connectivity index (χ1) is 10.9. The minimum absolute atomic E-state index is 0.0314. The highest BCUT2D eigenvalue weighted by Gasteiger charge is 2.35. The van der Waals surface area contributed by atoms with Crippen molar-refractivity contribution >= 4 is 5.97 Å². The predicted octanol–water partition coefficient (Wildman–Crippen LogP) is 4.61. The first-order valence-corrected chi connectivity index (χ1v) is 7.93. The maximum absolute atomic E-state index is 13.9. The molecule has 2 saturated carbocycles. The van der Waals surface area contributed by atoms with Crippen LogP contribution in [0.1, 0.15) is 60.4 Å². The van der Waals surface area contributed by atoms with Crippen molar-refractivity contribution in [2.45, 2.75) is 50.4 Å². The third-order valence-corrected chi connectivity index (χ3v) is 4.66. The van der Waals surface area contributed by atoms with Gasteiger partial charge in [0.1, 0.15) is 11.6 Å². The molecule has 2 fully saturated rings. The average molecular weight is 328 g/mol. The number of carboxylic acids is 1. The molecule has 3 rings (SSSR count). The lowest BCUT2D eigenvalue weighted by atomic mass is 9.87. The van der Waals surface area contributed by atoms with Crippen LogP contribution in [0.2, 0.25) is 0 Å². The molecule has 1 aromatic carbocycles. The zero-order valence-electron chi connectivity index (χ0n) is 12.7. The van der Waals surface area contributed by atoms with Crippen molar-refractivity contribution < 1.29 is 27.8 Å². The molecule has 2 aliphatic carbocycles. The second kappa shape index (κ2) is 6.06. The van der Waals surface area contributed by atoms with E-state index in [0.29, 0.717) is 24.2 Å². The minimum atomic E-state index is -2.58. The molecule has 1 aromatic rings. The monoisotopic (exact) mass is 328 g/mol. The topological polar surface area (TPSA) is 46.5 Å². The van der Waals surface area contributed by atoms with Crippen molar-refractivity contribution in [2.24, 2.45) is 5.92 Å². The number of halogens is 3. The molecule has 1 N–H and O–H groups in total. The molecule has 2 aliphatic rings. The molecule has 0 aromatic heterocycles. The fraction of sp³-hybridized carbons (Fsp3) is 0.588. The zero-order valence-corrected chi connectivity index (χ0v) is 12.7. The van der Waals surface area contributed by atoms with Gasteiger partial charge < -0.3 is 9.84 Å². The zero-order chi connectivity index (χ0) is 16.6. The maximum Gasteiger partial charge on any atom is 0.338 e. The Hall–Kier alpha value is -1.72. The summed E-state index contributed by atoms with van der Waals surface area (Å²) in [5.41, 5.74) is 0.362. The molecule has 0 amide bonds. The van der Waals surface area contributed by atoms with Crippen molar-refractivity contribution in [1.82, 2.24) is 0 Å². The van der Waals surface area contributed by atoms with E-state index in [-0.39, 0.29) is 36.8 Å². The number of carbonyl (C=O) groups is 1. The van der Waals surface area contributed by atoms with E-state index in [1.54, 1.807) is 0 Å². The Bertz CT molecular complexity index is 601. The van der Waals surface area contributed by atoms with E-state index in [4.69, 9.17) is 9.84 Å². The summed E-state index contributed by atoms with van der Waals surface area (Å²) in [6.45, 7) is 0.266. The van der Waals surface area contributed by atoms with Crippen LogP contribution in [-0.2, 0) is 0 Å². The number of alkyl halides is 2. The first-order valence-electron chi connectivity index (χ1n) is 7.93. The summed E-state index contributed by atoms with van der Waals surface area (Å²) in [6.07, 6.45) is 2.36. The second-order valence-electron chi connectivity index (χ2n) is 6.56. The van der Waals surface area contributed by atoms with E-state index in [0.717, 1.165) is 18.9 Å². The van der Waals surface area contributed by atoms with Crippen LogP contribution in [0.25, 0.3) is 0 Å². The van der Waals surface area contributed by atoms with Crippen molar-refractivity contribution in [2.75, 3.05) is 6.61 Å². The van der Waals surface area contributed by atoms with Crippen LogP contribution in [0, 0.1) is 11.7 Å². The number of carboxylic acid groups (broad SMARTS) is 1. The standard InChI is InChI=1S/C17H19F3O3/c18-14-8-15(12(11-1-2-11)7-13(14)16(21)22)23-9-10-3-5-17(19,20)6-4-10/h7-8,10-11H,1-6,9H2,(H,21,22). The highest BCUT2D eigenvalue weighted by Crippen LogP contribution is 2.45. The minimum Gasteiger partial charge on any atom is -0.493 e. The maximum atomic E-state index is 13.9. The summed E-state index contributed by atoms with van der Waals surface area (Å²) in [5.74, 6) is -4.11. The first kappa shape index (κ1) is 16.1. The van der Waals surface area contributed by atoms with Crippen LogP contribution in [0.3, 0.4) is 0 Å². The van der Waals surface area contributed by atoms with Gasteiger partial charge in [-0.1, -0.05) is 0 Å². The highest BCUT2D eigenvalue weighted by molar-refractivity contribution is 5.88. The van der Waals surface area contributed by atoms with Gasteiger partial charge in [0.15, 0.2) is 0 Å². The van der Waals surface area contributed by atoms with Crippen LogP contribution in [-0.4, -0.2) is 23.6 Å². The molecule has 23 heavy (non-hydrogen) atoms. The van der Waals surface area contributed by atoms with Gasteiger partial charge in [0.25, 0.3) is 0 Å². The lowest BCUT2D eigenvalue weighted by Crippen LogP contribution is -2.27. The molecule has 6 heteroatoms. The number of ether oxygens (including phenoxy) is 1. The van der Waals surface area contributed by atoms with E-state index in [2.05, 4.69) is 0 Å². The summed E-state index contributed by atoms with van der Waals surface area (Å²) in [7, 11) is 0. The van der Waals surface area contributed by atoms with Gasteiger partial charge in [-0.05, 0) is 49.1 Å². The van der Waals surface area contributed by atoms with Crippen LogP contribution < -0.4 is 4.74 Å². The normalized spacial score (nSPS) is 21.2. The molecule has 0 heterocycles. The molecule has 0 aliphatic heterocycles. The van der Waals surface area contributed by atoms with E-state index in [9.17, 15) is 18.0 Å². The number of hydrogen-bond donors (Lipinski definition) is 1. The highest BCUT2D eigenvalue weighted by atomic mass is 19.3. The van der Waals surface area contributed by atoms with Gasteiger partial charge in [0.2, 0.25) is 5.92 Å². The third kappa shape index (κ3) is 3.79. The van der Waals surface area contributed by atoms with Crippen LogP contribution in [0.5, 0.6) is 5.75 Å². The van der Waals surface area contributed by atoms with Crippen molar-refractivity contribution in [1.29, 1.82) is 0 Å². The van der Waals surface area contributed by atoms with Gasteiger partial charge >= 0.3 is 5.97 Å².